The fourth-order valence-electron chi connectivity index (χ4n) is 4.12. The molecule has 2 atom stereocenters. The van der Waals surface area contributed by atoms with Crippen LogP contribution in [0, 0.1) is 11.3 Å². The Morgan fingerprint density at radius 1 is 1.33 bits per heavy atom. The average Bonchev–Trinajstić information content (AvgIpc) is 3.36. The normalized spacial score (nSPS) is 20.7. The lowest BCUT2D eigenvalue weighted by Crippen LogP contribution is -2.70. The number of ether oxygens (including phenoxy) is 1. The minimum absolute atomic E-state index is 0.0717. The molecule has 3 aliphatic rings. The predicted molar refractivity (Wildman–Crippen MR) is 112 cm³/mol. The third-order valence-corrected chi connectivity index (χ3v) is 6.19. The van der Waals surface area contributed by atoms with E-state index >= 15 is 0 Å². The zero-order chi connectivity index (χ0) is 21.0. The summed E-state index contributed by atoms with van der Waals surface area (Å²) < 4.78 is 11.7. The lowest BCUT2D eigenvalue weighted by molar-refractivity contribution is -0.0386. The van der Waals surface area contributed by atoms with Crippen LogP contribution in [0.5, 0.6) is 0 Å². The smallest absolute Gasteiger partial charge is 0.410 e. The quantitative estimate of drug-likeness (QED) is 0.614. The lowest BCUT2D eigenvalue weighted by atomic mass is 9.88. The van der Waals surface area contributed by atoms with E-state index in [-0.39, 0.29) is 18.2 Å². The first kappa shape index (κ1) is 18.9. The molecule has 3 saturated heterocycles. The zero-order valence-electron chi connectivity index (χ0n) is 17.0. The highest BCUT2D eigenvalue weighted by atomic mass is 32.1. The Morgan fingerprint density at radius 3 is 2.73 bits per heavy atom. The second-order valence-corrected chi connectivity index (χ2v) is 9.51. The predicted octanol–water partition coefficient (Wildman–Crippen LogP) is 4.02. The van der Waals surface area contributed by atoms with Crippen molar-refractivity contribution in [3.63, 3.8) is 0 Å². The van der Waals surface area contributed by atoms with Crippen LogP contribution < -0.4 is 4.90 Å². The fourth-order valence-corrected chi connectivity index (χ4v) is 4.78. The second kappa shape index (κ2) is 6.71. The molecule has 2 bridgehead atoms. The van der Waals surface area contributed by atoms with E-state index in [2.05, 4.69) is 16.0 Å². The number of anilines is 1. The summed E-state index contributed by atoms with van der Waals surface area (Å²) in [6.07, 6.45) is 2.42. The van der Waals surface area contributed by atoms with E-state index in [1.165, 1.54) is 11.3 Å². The Hall–Kier alpha value is -3.12. The van der Waals surface area contributed by atoms with Gasteiger partial charge in [-0.05, 0) is 39.3 Å². The SMILES string of the molecule is CC(C)(C)OC(=O)N1C2CC1CN(c1nc3c(C#N)ccc(-c4nccs4)c3o1)C2. The Balaban J connectivity index is 1.43. The van der Waals surface area contributed by atoms with Crippen LogP contribution in [0.15, 0.2) is 28.1 Å². The maximum atomic E-state index is 12.5. The monoisotopic (exact) mass is 423 g/mol. The molecule has 0 radical (unpaired) electrons. The van der Waals surface area contributed by atoms with Gasteiger partial charge in [0, 0.05) is 24.7 Å². The van der Waals surface area contributed by atoms with Crippen molar-refractivity contribution in [2.45, 2.75) is 44.9 Å². The minimum Gasteiger partial charge on any atom is -0.444 e. The van der Waals surface area contributed by atoms with Crippen molar-refractivity contribution in [3.8, 4) is 16.6 Å². The van der Waals surface area contributed by atoms with Crippen molar-refractivity contribution >= 4 is 34.5 Å². The molecule has 2 aromatic heterocycles. The number of rotatable bonds is 2. The number of fused-ring (bicyclic) bond motifs is 3. The van der Waals surface area contributed by atoms with Gasteiger partial charge in [0.1, 0.15) is 22.2 Å². The molecule has 3 fully saturated rings. The molecule has 1 aromatic carbocycles. The Labute approximate surface area is 177 Å². The number of aromatic nitrogens is 2. The number of carbonyl (C=O) groups is 1. The molecule has 154 valence electrons. The van der Waals surface area contributed by atoms with Crippen LogP contribution in [0.25, 0.3) is 21.7 Å². The van der Waals surface area contributed by atoms with Crippen molar-refractivity contribution in [2.75, 3.05) is 18.0 Å². The summed E-state index contributed by atoms with van der Waals surface area (Å²) >= 11 is 1.51. The van der Waals surface area contributed by atoms with Gasteiger partial charge in [0.25, 0.3) is 6.01 Å². The molecule has 0 saturated carbocycles. The first-order valence-corrected chi connectivity index (χ1v) is 10.7. The molecule has 3 aliphatic heterocycles. The van der Waals surface area contributed by atoms with Crippen molar-refractivity contribution in [1.29, 1.82) is 5.26 Å². The Kier molecular flexibility index (Phi) is 4.22. The van der Waals surface area contributed by atoms with Crippen LogP contribution in [0.1, 0.15) is 32.8 Å². The van der Waals surface area contributed by atoms with Crippen LogP contribution in [0.2, 0.25) is 0 Å². The van der Waals surface area contributed by atoms with E-state index in [1.807, 2.05) is 42.0 Å². The van der Waals surface area contributed by atoms with Gasteiger partial charge in [-0.2, -0.15) is 10.2 Å². The number of thiazole rings is 1. The summed E-state index contributed by atoms with van der Waals surface area (Å²) in [5.41, 5.74) is 1.90. The summed E-state index contributed by atoms with van der Waals surface area (Å²) in [6, 6.07) is 6.42. The highest BCUT2D eigenvalue weighted by Crippen LogP contribution is 2.39. The highest BCUT2D eigenvalue weighted by molar-refractivity contribution is 7.13. The highest BCUT2D eigenvalue weighted by Gasteiger charge is 2.49. The van der Waals surface area contributed by atoms with E-state index in [0.29, 0.717) is 35.8 Å². The molecular formula is C21H21N5O3S. The summed E-state index contributed by atoms with van der Waals surface area (Å²) in [5.74, 6) is 0. The van der Waals surface area contributed by atoms with Gasteiger partial charge in [0.15, 0.2) is 5.58 Å². The topological polar surface area (TPSA) is 95.5 Å². The van der Waals surface area contributed by atoms with Gasteiger partial charge >= 0.3 is 6.09 Å². The van der Waals surface area contributed by atoms with Crippen molar-refractivity contribution < 1.29 is 13.9 Å². The van der Waals surface area contributed by atoms with Crippen molar-refractivity contribution in [1.82, 2.24) is 14.9 Å². The molecule has 0 aliphatic carbocycles. The Bertz CT molecular complexity index is 1150. The number of piperazine rings is 1. The van der Waals surface area contributed by atoms with Gasteiger partial charge in [-0.15, -0.1) is 11.3 Å². The van der Waals surface area contributed by atoms with E-state index < -0.39 is 5.60 Å². The fraction of sp³-hybridized carbons (Fsp3) is 0.429. The number of benzene rings is 1. The zero-order valence-corrected chi connectivity index (χ0v) is 17.8. The minimum atomic E-state index is -0.513. The number of hydrogen-bond donors (Lipinski definition) is 0. The van der Waals surface area contributed by atoms with Gasteiger partial charge in [0.05, 0.1) is 23.2 Å². The van der Waals surface area contributed by atoms with E-state index in [4.69, 9.17) is 9.15 Å². The molecule has 3 aromatic rings. The summed E-state index contributed by atoms with van der Waals surface area (Å²) in [4.78, 5) is 25.4. The van der Waals surface area contributed by atoms with E-state index in [9.17, 15) is 10.1 Å². The average molecular weight is 423 g/mol. The maximum absolute atomic E-state index is 12.5. The molecular weight excluding hydrogens is 402 g/mol. The number of nitrogens with zero attached hydrogens (tertiary/aromatic N) is 5. The molecule has 30 heavy (non-hydrogen) atoms. The number of hydrogen-bond acceptors (Lipinski definition) is 8. The third kappa shape index (κ3) is 3.08. The van der Waals surface area contributed by atoms with Gasteiger partial charge in [-0.3, -0.25) is 4.90 Å². The summed E-state index contributed by atoms with van der Waals surface area (Å²) in [7, 11) is 0. The van der Waals surface area contributed by atoms with Crippen molar-refractivity contribution in [3.05, 3.63) is 29.3 Å². The molecule has 6 rings (SSSR count). The molecule has 2 unspecified atom stereocenters. The summed E-state index contributed by atoms with van der Waals surface area (Å²) in [6.45, 7) is 6.86. The lowest BCUT2D eigenvalue weighted by Gasteiger charge is -2.55. The van der Waals surface area contributed by atoms with E-state index in [0.717, 1.165) is 17.0 Å². The van der Waals surface area contributed by atoms with Gasteiger partial charge < -0.3 is 14.1 Å². The number of carbonyl (C=O) groups excluding carboxylic acids is 1. The van der Waals surface area contributed by atoms with Gasteiger partial charge in [-0.1, -0.05) is 0 Å². The number of piperidine rings is 1. The largest absolute Gasteiger partial charge is 0.444 e. The molecule has 0 N–H and O–H groups in total. The molecule has 0 spiro atoms. The van der Waals surface area contributed by atoms with Crippen LogP contribution in [0.4, 0.5) is 10.8 Å². The number of oxazole rings is 1. The van der Waals surface area contributed by atoms with Crippen LogP contribution in [-0.2, 0) is 4.74 Å². The second-order valence-electron chi connectivity index (χ2n) is 8.62. The van der Waals surface area contributed by atoms with Crippen LogP contribution in [0.3, 0.4) is 0 Å². The molecule has 8 nitrogen and oxygen atoms in total. The van der Waals surface area contributed by atoms with E-state index in [1.54, 1.807) is 12.3 Å². The molecule has 5 heterocycles. The summed E-state index contributed by atoms with van der Waals surface area (Å²) in [5, 5.41) is 12.2. The third-order valence-electron chi connectivity index (χ3n) is 5.38. The molecule has 9 heteroatoms. The van der Waals surface area contributed by atoms with Crippen molar-refractivity contribution in [2.24, 2.45) is 0 Å². The van der Waals surface area contributed by atoms with Crippen LogP contribution >= 0.6 is 11.3 Å². The number of amides is 1. The maximum Gasteiger partial charge on any atom is 0.410 e. The van der Waals surface area contributed by atoms with Gasteiger partial charge in [-0.25, -0.2) is 9.78 Å². The number of nitriles is 1. The first-order valence-electron chi connectivity index (χ1n) is 9.84. The first-order chi connectivity index (χ1) is 14.3. The van der Waals surface area contributed by atoms with Crippen LogP contribution in [-0.4, -0.2) is 51.7 Å². The Morgan fingerprint density at radius 2 is 2.10 bits per heavy atom. The van der Waals surface area contributed by atoms with Gasteiger partial charge in [0.2, 0.25) is 0 Å². The standard InChI is InChI=1S/C21H21N5O3S/c1-21(2,3)29-20(27)26-13-8-14(26)11-25(10-13)19-24-16-12(9-22)4-5-15(17(16)28-19)18-23-6-7-30-18/h4-7,13-14H,8,10-11H2,1-3H3. The molecule has 1 amide bonds.